The molecule has 0 rings (SSSR count). The van der Waals surface area contributed by atoms with E-state index in [0.29, 0.717) is 0 Å². The van der Waals surface area contributed by atoms with Gasteiger partial charge in [-0.2, -0.15) is 0 Å². The summed E-state index contributed by atoms with van der Waals surface area (Å²) in [6, 6.07) is 0. The first-order valence-corrected chi connectivity index (χ1v) is 23.1. The van der Waals surface area contributed by atoms with Crippen molar-refractivity contribution in [2.75, 3.05) is 6.61 Å². The van der Waals surface area contributed by atoms with Gasteiger partial charge in [-0.3, -0.25) is 0 Å². The Morgan fingerprint density at radius 2 is 0.606 bits per heavy atom. The average Bonchev–Trinajstić information content (AvgIpc) is 2.83. The molecular formula is C31H66OSn. The van der Waals surface area contributed by atoms with E-state index >= 15 is 0 Å². The Morgan fingerprint density at radius 3 is 0.939 bits per heavy atom. The molecule has 2 heteroatoms. The van der Waals surface area contributed by atoms with Crippen LogP contribution in [0.4, 0.5) is 0 Å². The summed E-state index contributed by atoms with van der Waals surface area (Å²) in [5.41, 5.74) is 0. The van der Waals surface area contributed by atoms with Crippen LogP contribution in [0.15, 0.2) is 0 Å². The first-order valence-electron chi connectivity index (χ1n) is 15.9. The molecule has 0 aliphatic rings. The summed E-state index contributed by atoms with van der Waals surface area (Å²) in [5, 5.41) is 0. The second-order valence-electron chi connectivity index (χ2n) is 11.0. The molecule has 0 aromatic heterocycles. The Morgan fingerprint density at radius 1 is 0.333 bits per heavy atom. The van der Waals surface area contributed by atoms with Crippen LogP contribution in [0.3, 0.4) is 0 Å². The summed E-state index contributed by atoms with van der Waals surface area (Å²) in [6.07, 6.45) is 32.8. The molecule has 0 amide bonds. The van der Waals surface area contributed by atoms with E-state index in [1.54, 1.807) is 0 Å². The Bertz CT molecular complexity index is 287. The number of hydrogen-bond donors (Lipinski definition) is 0. The van der Waals surface area contributed by atoms with E-state index in [1.165, 1.54) is 161 Å². The maximum atomic E-state index is 7.10. The first-order chi connectivity index (χ1) is 16.2. The van der Waals surface area contributed by atoms with Crippen LogP contribution in [-0.2, 0) is 3.07 Å². The second kappa shape index (κ2) is 27.3. The van der Waals surface area contributed by atoms with Gasteiger partial charge in [-0.1, -0.05) is 0 Å². The summed E-state index contributed by atoms with van der Waals surface area (Å²) in [5.74, 6) is 0. The predicted octanol–water partition coefficient (Wildman–Crippen LogP) is 12.0. The Balaban J connectivity index is 4.74. The van der Waals surface area contributed by atoms with Crippen molar-refractivity contribution < 1.29 is 3.07 Å². The van der Waals surface area contributed by atoms with E-state index in [9.17, 15) is 0 Å². The first kappa shape index (κ1) is 33.8. The molecule has 0 saturated heterocycles. The third-order valence-electron chi connectivity index (χ3n) is 7.61. The van der Waals surface area contributed by atoms with Crippen LogP contribution in [0.25, 0.3) is 0 Å². The van der Waals surface area contributed by atoms with Crippen LogP contribution in [0, 0.1) is 0 Å². The normalized spacial score (nSPS) is 12.0. The SMILES string of the molecule is CCCCCCC[CH2][Sn]([CH2]CCCCCCC)([CH2]CCCCCCC)[O]CCCCCCC. The van der Waals surface area contributed by atoms with Crippen molar-refractivity contribution in [3.63, 3.8) is 0 Å². The fourth-order valence-electron chi connectivity index (χ4n) is 5.27. The van der Waals surface area contributed by atoms with Crippen LogP contribution in [-0.4, -0.2) is 25.4 Å². The molecule has 0 radical (unpaired) electrons. The van der Waals surface area contributed by atoms with E-state index < -0.39 is 18.8 Å². The average molecular weight is 574 g/mol. The molecule has 0 atom stereocenters. The van der Waals surface area contributed by atoms with E-state index in [4.69, 9.17) is 3.07 Å². The zero-order valence-electron chi connectivity index (χ0n) is 24.0. The molecule has 1 nitrogen and oxygen atoms in total. The Labute approximate surface area is 216 Å². The Kier molecular flexibility index (Phi) is 28.0. The van der Waals surface area contributed by atoms with Gasteiger partial charge in [0, 0.05) is 0 Å². The van der Waals surface area contributed by atoms with Gasteiger partial charge in [0.1, 0.15) is 0 Å². The minimum absolute atomic E-state index is 1.10. The fourth-order valence-corrected chi connectivity index (χ4v) is 18.0. The maximum absolute atomic E-state index is 7.10. The van der Waals surface area contributed by atoms with E-state index in [0.717, 1.165) is 6.61 Å². The molecule has 0 unspecified atom stereocenters. The van der Waals surface area contributed by atoms with Crippen LogP contribution >= 0.6 is 0 Å². The van der Waals surface area contributed by atoms with E-state index in [1.807, 2.05) is 0 Å². The minimum atomic E-state index is -2.47. The van der Waals surface area contributed by atoms with Crippen molar-refractivity contribution >= 4 is 18.8 Å². The topological polar surface area (TPSA) is 9.23 Å². The fraction of sp³-hybridized carbons (Fsp3) is 1.00. The van der Waals surface area contributed by atoms with Gasteiger partial charge in [0.05, 0.1) is 0 Å². The van der Waals surface area contributed by atoms with Crippen molar-refractivity contribution in [1.82, 2.24) is 0 Å². The standard InChI is InChI=1S/3C8H17.C7H15O.Sn/c3*1-3-5-7-8-6-4-2;1-2-3-4-5-6-7-8;/h3*1,3-8H2,2H3;2-7H2,1H3;/q;;;-1;+1. The molecule has 0 spiro atoms. The monoisotopic (exact) mass is 574 g/mol. The van der Waals surface area contributed by atoms with Crippen molar-refractivity contribution in [1.29, 1.82) is 0 Å². The third kappa shape index (κ3) is 22.9. The van der Waals surface area contributed by atoms with Crippen molar-refractivity contribution in [3.05, 3.63) is 0 Å². The molecular weight excluding hydrogens is 507 g/mol. The zero-order valence-corrected chi connectivity index (χ0v) is 26.9. The zero-order chi connectivity index (χ0) is 24.3. The van der Waals surface area contributed by atoms with Gasteiger partial charge in [0.15, 0.2) is 0 Å². The van der Waals surface area contributed by atoms with Gasteiger partial charge in [0.25, 0.3) is 0 Å². The van der Waals surface area contributed by atoms with Gasteiger partial charge in [0.2, 0.25) is 0 Å². The van der Waals surface area contributed by atoms with Gasteiger partial charge >= 0.3 is 217 Å². The van der Waals surface area contributed by atoms with Gasteiger partial charge in [-0.15, -0.1) is 0 Å². The van der Waals surface area contributed by atoms with E-state index in [-0.39, 0.29) is 0 Å². The molecule has 0 saturated carbocycles. The Hall–Kier alpha value is 0.759. The molecule has 0 N–H and O–H groups in total. The van der Waals surface area contributed by atoms with Crippen LogP contribution in [0.2, 0.25) is 13.3 Å². The van der Waals surface area contributed by atoms with Gasteiger partial charge in [-0.25, -0.2) is 0 Å². The summed E-state index contributed by atoms with van der Waals surface area (Å²) in [6.45, 7) is 10.4. The molecule has 0 aromatic rings. The predicted molar refractivity (Wildman–Crippen MR) is 155 cm³/mol. The van der Waals surface area contributed by atoms with Gasteiger partial charge in [-0.05, 0) is 0 Å². The van der Waals surface area contributed by atoms with Crippen LogP contribution in [0.1, 0.15) is 175 Å². The van der Waals surface area contributed by atoms with Crippen molar-refractivity contribution in [2.24, 2.45) is 0 Å². The van der Waals surface area contributed by atoms with Crippen LogP contribution < -0.4 is 0 Å². The molecule has 0 bridgehead atoms. The summed E-state index contributed by atoms with van der Waals surface area (Å²) >= 11 is -2.47. The number of rotatable bonds is 28. The summed E-state index contributed by atoms with van der Waals surface area (Å²) < 4.78 is 11.7. The van der Waals surface area contributed by atoms with Crippen molar-refractivity contribution in [3.8, 4) is 0 Å². The molecule has 200 valence electrons. The molecule has 33 heavy (non-hydrogen) atoms. The molecule has 0 fully saturated rings. The molecule has 0 aromatic carbocycles. The van der Waals surface area contributed by atoms with Gasteiger partial charge < -0.3 is 0 Å². The third-order valence-corrected chi connectivity index (χ3v) is 20.8. The number of hydrogen-bond acceptors (Lipinski definition) is 1. The summed E-state index contributed by atoms with van der Waals surface area (Å²) in [4.78, 5) is 0. The van der Waals surface area contributed by atoms with E-state index in [2.05, 4.69) is 27.7 Å². The summed E-state index contributed by atoms with van der Waals surface area (Å²) in [7, 11) is 0. The van der Waals surface area contributed by atoms with Crippen molar-refractivity contribution in [2.45, 2.75) is 189 Å². The second-order valence-corrected chi connectivity index (χ2v) is 22.9. The number of unbranched alkanes of at least 4 members (excludes halogenated alkanes) is 19. The molecule has 0 aliphatic heterocycles. The molecule has 0 heterocycles. The molecule has 0 aliphatic carbocycles. The quantitative estimate of drug-likeness (QED) is 0.0668. The van der Waals surface area contributed by atoms with Crippen LogP contribution in [0.5, 0.6) is 0 Å².